The van der Waals surface area contributed by atoms with E-state index in [0.29, 0.717) is 17.9 Å². The van der Waals surface area contributed by atoms with Crippen LogP contribution in [0, 0.1) is 0 Å². The Morgan fingerprint density at radius 3 is 2.58 bits per heavy atom. The number of allylic oxidation sites excluding steroid dienone is 4. The number of urea groups is 1. The first kappa shape index (κ1) is 18.0. The van der Waals surface area contributed by atoms with Crippen molar-refractivity contribution in [3.8, 4) is 0 Å². The highest BCUT2D eigenvalue weighted by Gasteiger charge is 2.33. The zero-order valence-electron chi connectivity index (χ0n) is 13.0. The standard InChI is InChI=1S/C15H19N3O5S/c1-3-5-12-13(6-4-2)23-11(10-18(12)24(21)22)7-8-17-14(19)9-16-15(17)20/h3-6,11H,1-2,7-10H2,(H,16,20)(H,21,22)/b12-5+,13-6+/t11-/m0/s1. The molecule has 0 aromatic heterocycles. The van der Waals surface area contributed by atoms with Crippen LogP contribution >= 0.6 is 0 Å². The van der Waals surface area contributed by atoms with E-state index in [1.54, 1.807) is 12.2 Å². The van der Waals surface area contributed by atoms with Gasteiger partial charge in [0.2, 0.25) is 5.91 Å². The molecule has 24 heavy (non-hydrogen) atoms. The monoisotopic (exact) mass is 353 g/mol. The van der Waals surface area contributed by atoms with Crippen molar-refractivity contribution in [2.24, 2.45) is 0 Å². The number of nitrogens with one attached hydrogen (secondary N) is 1. The third kappa shape index (κ3) is 3.92. The SMILES string of the molecule is C=C/C=C1/O[C@@H](CCN2C(=O)CNC2=O)CN(S(=O)O)/C1=C/C=C. The quantitative estimate of drug-likeness (QED) is 0.546. The van der Waals surface area contributed by atoms with Gasteiger partial charge in [-0.1, -0.05) is 25.3 Å². The molecule has 9 heteroatoms. The highest BCUT2D eigenvalue weighted by atomic mass is 32.2. The highest BCUT2D eigenvalue weighted by molar-refractivity contribution is 7.76. The summed E-state index contributed by atoms with van der Waals surface area (Å²) in [5.74, 6) is 0.0771. The largest absolute Gasteiger partial charge is 0.486 e. The molecular formula is C15H19N3O5S. The van der Waals surface area contributed by atoms with Gasteiger partial charge in [-0.15, -0.1) is 0 Å². The minimum Gasteiger partial charge on any atom is -0.486 e. The van der Waals surface area contributed by atoms with Crippen molar-refractivity contribution in [3.63, 3.8) is 0 Å². The summed E-state index contributed by atoms with van der Waals surface area (Å²) in [5.41, 5.74) is 0.414. The second-order valence-electron chi connectivity index (χ2n) is 5.08. The third-order valence-corrected chi connectivity index (χ3v) is 4.25. The molecule has 0 spiro atoms. The lowest BCUT2D eigenvalue weighted by Crippen LogP contribution is -2.43. The van der Waals surface area contributed by atoms with Gasteiger partial charge in [-0.3, -0.25) is 18.6 Å². The molecule has 8 nitrogen and oxygen atoms in total. The van der Waals surface area contributed by atoms with E-state index in [-0.39, 0.29) is 25.5 Å². The Morgan fingerprint density at radius 1 is 1.33 bits per heavy atom. The Morgan fingerprint density at radius 2 is 2.04 bits per heavy atom. The van der Waals surface area contributed by atoms with Gasteiger partial charge < -0.3 is 10.1 Å². The van der Waals surface area contributed by atoms with Gasteiger partial charge in [0.25, 0.3) is 11.3 Å². The van der Waals surface area contributed by atoms with Crippen molar-refractivity contribution in [1.82, 2.24) is 14.5 Å². The molecule has 2 aliphatic heterocycles. The predicted octanol–water partition coefficient (Wildman–Crippen LogP) is 0.906. The van der Waals surface area contributed by atoms with Crippen molar-refractivity contribution >= 4 is 23.2 Å². The number of morpholine rings is 1. The Labute approximate surface area is 142 Å². The lowest BCUT2D eigenvalue weighted by Gasteiger charge is -2.35. The van der Waals surface area contributed by atoms with Gasteiger partial charge in [-0.25, -0.2) is 9.00 Å². The lowest BCUT2D eigenvalue weighted by molar-refractivity contribution is -0.125. The second kappa shape index (κ2) is 7.93. The van der Waals surface area contributed by atoms with Crippen LogP contribution in [-0.2, 0) is 20.8 Å². The molecule has 0 bridgehead atoms. The van der Waals surface area contributed by atoms with Crippen LogP contribution < -0.4 is 5.32 Å². The van der Waals surface area contributed by atoms with E-state index in [1.807, 2.05) is 0 Å². The molecule has 0 radical (unpaired) electrons. The number of carbonyl (C=O) groups is 2. The maximum atomic E-state index is 11.6. The molecule has 2 aliphatic rings. The van der Waals surface area contributed by atoms with Crippen LogP contribution in [0.5, 0.6) is 0 Å². The summed E-state index contributed by atoms with van der Waals surface area (Å²) >= 11 is -2.25. The molecular weight excluding hydrogens is 334 g/mol. The van der Waals surface area contributed by atoms with Crippen LogP contribution in [0.4, 0.5) is 4.79 Å². The molecule has 2 rings (SSSR count). The molecule has 2 atom stereocenters. The number of nitrogens with zero attached hydrogens (tertiary/aromatic N) is 2. The van der Waals surface area contributed by atoms with E-state index in [0.717, 1.165) is 4.90 Å². The van der Waals surface area contributed by atoms with Gasteiger partial charge in [-0.05, 0) is 12.2 Å². The summed E-state index contributed by atoms with van der Waals surface area (Å²) in [6.45, 7) is 7.49. The van der Waals surface area contributed by atoms with Crippen LogP contribution in [0.2, 0.25) is 0 Å². The van der Waals surface area contributed by atoms with Crippen molar-refractivity contribution < 1.29 is 23.1 Å². The zero-order chi connectivity index (χ0) is 17.7. The Bertz CT molecular complexity index is 627. The van der Waals surface area contributed by atoms with E-state index in [4.69, 9.17) is 4.74 Å². The fourth-order valence-electron chi connectivity index (χ4n) is 2.44. The van der Waals surface area contributed by atoms with E-state index in [9.17, 15) is 18.4 Å². The smallest absolute Gasteiger partial charge is 0.324 e. The minimum atomic E-state index is -2.25. The van der Waals surface area contributed by atoms with Gasteiger partial charge in [0.15, 0.2) is 0 Å². The molecule has 2 fully saturated rings. The van der Waals surface area contributed by atoms with Crippen LogP contribution in [-0.4, -0.2) is 55.6 Å². The molecule has 0 aromatic carbocycles. The maximum absolute atomic E-state index is 11.6. The molecule has 0 aromatic rings. The number of ether oxygens (including phenoxy) is 1. The molecule has 2 heterocycles. The van der Waals surface area contributed by atoms with E-state index in [1.165, 1.54) is 16.5 Å². The van der Waals surface area contributed by atoms with Crippen molar-refractivity contribution in [3.05, 3.63) is 48.9 Å². The number of carbonyl (C=O) groups excluding carboxylic acids is 2. The van der Waals surface area contributed by atoms with Crippen molar-refractivity contribution in [2.75, 3.05) is 19.6 Å². The fourth-order valence-corrected chi connectivity index (χ4v) is 3.06. The second-order valence-corrected chi connectivity index (χ2v) is 5.98. The van der Waals surface area contributed by atoms with Gasteiger partial charge in [0.05, 0.1) is 18.8 Å². The Balaban J connectivity index is 2.13. The average molecular weight is 353 g/mol. The number of amides is 3. The van der Waals surface area contributed by atoms with Crippen LogP contribution in [0.15, 0.2) is 48.9 Å². The van der Waals surface area contributed by atoms with E-state index >= 15 is 0 Å². The first-order valence-corrected chi connectivity index (χ1v) is 8.33. The number of imide groups is 1. The molecule has 0 saturated carbocycles. The molecule has 0 aliphatic carbocycles. The van der Waals surface area contributed by atoms with Crippen molar-refractivity contribution in [1.29, 1.82) is 0 Å². The Kier molecular flexibility index (Phi) is 5.93. The molecule has 130 valence electrons. The van der Waals surface area contributed by atoms with Crippen LogP contribution in [0.3, 0.4) is 0 Å². The van der Waals surface area contributed by atoms with Crippen LogP contribution in [0.25, 0.3) is 0 Å². The summed E-state index contributed by atoms with van der Waals surface area (Å²) in [5, 5.41) is 2.44. The average Bonchev–Trinajstić information content (AvgIpc) is 2.86. The number of rotatable bonds is 6. The summed E-state index contributed by atoms with van der Waals surface area (Å²) < 4.78 is 28.2. The zero-order valence-corrected chi connectivity index (χ0v) is 13.8. The third-order valence-electron chi connectivity index (χ3n) is 3.53. The van der Waals surface area contributed by atoms with Crippen LogP contribution in [0.1, 0.15) is 6.42 Å². The normalized spacial score (nSPS) is 25.6. The maximum Gasteiger partial charge on any atom is 0.324 e. The summed E-state index contributed by atoms with van der Waals surface area (Å²) in [7, 11) is 0. The topological polar surface area (TPSA) is 99.2 Å². The first-order valence-electron chi connectivity index (χ1n) is 7.27. The fraction of sp³-hybridized carbons (Fsp3) is 0.333. The number of hydrogen-bond acceptors (Lipinski definition) is 4. The van der Waals surface area contributed by atoms with Gasteiger partial charge >= 0.3 is 6.03 Å². The minimum absolute atomic E-state index is 0.00895. The summed E-state index contributed by atoms with van der Waals surface area (Å²) in [6, 6.07) is -0.438. The molecule has 2 saturated heterocycles. The molecule has 3 amide bonds. The lowest BCUT2D eigenvalue weighted by atomic mass is 10.1. The van der Waals surface area contributed by atoms with E-state index < -0.39 is 23.4 Å². The summed E-state index contributed by atoms with van der Waals surface area (Å²) in [4.78, 5) is 24.2. The number of hydrogen-bond donors (Lipinski definition) is 2. The molecule has 1 unspecified atom stereocenters. The van der Waals surface area contributed by atoms with Gasteiger partial charge in [-0.2, -0.15) is 0 Å². The van der Waals surface area contributed by atoms with Gasteiger partial charge in [0.1, 0.15) is 11.9 Å². The van der Waals surface area contributed by atoms with Crippen molar-refractivity contribution in [2.45, 2.75) is 12.5 Å². The predicted molar refractivity (Wildman–Crippen MR) is 88.6 cm³/mol. The van der Waals surface area contributed by atoms with E-state index in [2.05, 4.69) is 18.5 Å². The molecule has 2 N–H and O–H groups in total. The first-order chi connectivity index (χ1) is 11.5. The summed E-state index contributed by atoms with van der Waals surface area (Å²) in [6.07, 6.45) is 6.01. The highest BCUT2D eigenvalue weighted by Crippen LogP contribution is 2.28. The Hall–Kier alpha value is -2.39. The van der Waals surface area contributed by atoms with Gasteiger partial charge in [0, 0.05) is 13.0 Å².